The maximum absolute atomic E-state index is 13.7. The minimum atomic E-state index is -0.410. The van der Waals surface area contributed by atoms with Crippen LogP contribution in [0.4, 0.5) is 8.78 Å². The van der Waals surface area contributed by atoms with Gasteiger partial charge < -0.3 is 20.1 Å². The highest BCUT2D eigenvalue weighted by Gasteiger charge is 2.08. The van der Waals surface area contributed by atoms with E-state index in [1.807, 2.05) is 6.92 Å². The van der Waals surface area contributed by atoms with E-state index in [4.69, 9.17) is 9.47 Å². The lowest BCUT2D eigenvalue weighted by molar-refractivity contribution is 0.223. The molecule has 0 spiro atoms. The number of benzene rings is 2. The Balaban J connectivity index is 1.81. The molecule has 2 aromatic carbocycles. The fourth-order valence-corrected chi connectivity index (χ4v) is 2.28. The van der Waals surface area contributed by atoms with Gasteiger partial charge in [0.2, 0.25) is 0 Å². The van der Waals surface area contributed by atoms with Crippen LogP contribution in [0, 0.1) is 11.6 Å². The molecule has 1 atom stereocenters. The third-order valence-corrected chi connectivity index (χ3v) is 3.59. The van der Waals surface area contributed by atoms with Gasteiger partial charge >= 0.3 is 0 Å². The maximum Gasteiger partial charge on any atom is 0.191 e. The molecule has 140 valence electrons. The molecule has 2 aromatic rings. The maximum atomic E-state index is 13.7. The summed E-state index contributed by atoms with van der Waals surface area (Å²) < 4.78 is 37.4. The van der Waals surface area contributed by atoms with Crippen molar-refractivity contribution >= 4 is 5.96 Å². The molecule has 0 aliphatic heterocycles. The molecule has 1 unspecified atom stereocenters. The van der Waals surface area contributed by atoms with E-state index in [0.29, 0.717) is 24.8 Å². The summed E-state index contributed by atoms with van der Waals surface area (Å²) in [6.45, 7) is 2.73. The Morgan fingerprint density at radius 3 is 2.62 bits per heavy atom. The Bertz CT molecular complexity index is 753. The van der Waals surface area contributed by atoms with Crippen LogP contribution >= 0.6 is 0 Å². The van der Waals surface area contributed by atoms with Crippen LogP contribution in [0.5, 0.6) is 11.5 Å². The number of aliphatic imine (C=N–C) groups is 1. The quantitative estimate of drug-likeness (QED) is 0.586. The summed E-state index contributed by atoms with van der Waals surface area (Å²) >= 11 is 0. The van der Waals surface area contributed by atoms with Gasteiger partial charge in [-0.05, 0) is 36.8 Å². The molecule has 2 N–H and O–H groups in total. The Labute approximate surface area is 152 Å². The summed E-state index contributed by atoms with van der Waals surface area (Å²) in [6, 6.07) is 10.8. The number of hydrogen-bond acceptors (Lipinski definition) is 3. The average Bonchev–Trinajstić information content (AvgIpc) is 2.62. The molecule has 0 amide bonds. The molecule has 0 bridgehead atoms. The van der Waals surface area contributed by atoms with Crippen molar-refractivity contribution in [3.8, 4) is 11.5 Å². The zero-order valence-electron chi connectivity index (χ0n) is 15.1. The molecule has 0 saturated carbocycles. The van der Waals surface area contributed by atoms with Crippen LogP contribution in [0.1, 0.15) is 12.5 Å². The minimum Gasteiger partial charge on any atom is -0.494 e. The second-order valence-corrected chi connectivity index (χ2v) is 5.66. The molecule has 5 nitrogen and oxygen atoms in total. The second kappa shape index (κ2) is 9.60. The predicted octanol–water partition coefficient (Wildman–Crippen LogP) is 3.11. The number of halogens is 2. The Kier molecular flexibility index (Phi) is 7.20. The molecule has 0 radical (unpaired) electrons. The van der Waals surface area contributed by atoms with Gasteiger partial charge in [0.25, 0.3) is 0 Å². The van der Waals surface area contributed by atoms with E-state index in [1.54, 1.807) is 31.3 Å². The summed E-state index contributed by atoms with van der Waals surface area (Å²) in [7, 11) is 3.07. The van der Waals surface area contributed by atoms with Gasteiger partial charge in [-0.15, -0.1) is 0 Å². The number of hydrogen-bond donors (Lipinski definition) is 2. The molecule has 0 heterocycles. The van der Waals surface area contributed by atoms with Gasteiger partial charge in [-0.3, -0.25) is 4.99 Å². The van der Waals surface area contributed by atoms with Crippen molar-refractivity contribution in [2.45, 2.75) is 19.6 Å². The number of methoxy groups -OCH3 is 1. The lowest BCUT2D eigenvalue weighted by Crippen LogP contribution is -2.41. The van der Waals surface area contributed by atoms with E-state index in [-0.39, 0.29) is 17.7 Å². The van der Waals surface area contributed by atoms with Crippen LogP contribution in [0.3, 0.4) is 0 Å². The standard InChI is InChI=1S/C19H23F2N3O2/c1-13(26-16-6-4-5-15(20)10-16)11-23-19(22-2)24-12-14-7-8-18(25-3)17(21)9-14/h4-10,13H,11-12H2,1-3H3,(H2,22,23,24). The Morgan fingerprint density at radius 2 is 1.96 bits per heavy atom. The Morgan fingerprint density at radius 1 is 1.15 bits per heavy atom. The fraction of sp³-hybridized carbons (Fsp3) is 0.316. The minimum absolute atomic E-state index is 0.200. The van der Waals surface area contributed by atoms with Crippen LogP contribution in [0.15, 0.2) is 47.5 Å². The van der Waals surface area contributed by atoms with E-state index in [2.05, 4.69) is 15.6 Å². The molecule has 2 rings (SSSR count). The summed E-state index contributed by atoms with van der Waals surface area (Å²) in [4.78, 5) is 4.11. The number of nitrogens with zero attached hydrogens (tertiary/aromatic N) is 1. The van der Waals surface area contributed by atoms with E-state index >= 15 is 0 Å². The van der Waals surface area contributed by atoms with E-state index < -0.39 is 5.82 Å². The fourth-order valence-electron chi connectivity index (χ4n) is 2.28. The summed E-state index contributed by atoms with van der Waals surface area (Å²) in [5.41, 5.74) is 0.760. The number of ether oxygens (including phenoxy) is 2. The summed E-state index contributed by atoms with van der Waals surface area (Å²) in [5.74, 6) is 0.477. The zero-order valence-corrected chi connectivity index (χ0v) is 15.1. The number of guanidine groups is 1. The third-order valence-electron chi connectivity index (χ3n) is 3.59. The lowest BCUT2D eigenvalue weighted by Gasteiger charge is -2.18. The van der Waals surface area contributed by atoms with Crippen molar-refractivity contribution in [2.75, 3.05) is 20.7 Å². The van der Waals surface area contributed by atoms with Gasteiger partial charge in [0, 0.05) is 19.7 Å². The van der Waals surface area contributed by atoms with Gasteiger partial charge in [0.05, 0.1) is 13.7 Å². The Hall–Kier alpha value is -2.83. The van der Waals surface area contributed by atoms with Gasteiger partial charge in [0.1, 0.15) is 17.7 Å². The van der Waals surface area contributed by atoms with Gasteiger partial charge in [-0.1, -0.05) is 12.1 Å². The predicted molar refractivity (Wildman–Crippen MR) is 97.6 cm³/mol. The molecule has 0 aliphatic rings. The van der Waals surface area contributed by atoms with Crippen molar-refractivity contribution < 1.29 is 18.3 Å². The van der Waals surface area contributed by atoms with Gasteiger partial charge in [-0.25, -0.2) is 8.78 Å². The molecule has 0 fully saturated rings. The summed E-state index contributed by atoms with van der Waals surface area (Å²) in [6.07, 6.45) is -0.200. The zero-order chi connectivity index (χ0) is 18.9. The summed E-state index contributed by atoms with van der Waals surface area (Å²) in [5, 5.41) is 6.21. The third kappa shape index (κ3) is 5.91. The SMILES string of the molecule is CN=C(NCc1ccc(OC)c(F)c1)NCC(C)Oc1cccc(F)c1. The normalized spacial score (nSPS) is 12.4. The van der Waals surface area contributed by atoms with E-state index in [9.17, 15) is 8.78 Å². The van der Waals surface area contributed by atoms with Crippen LogP contribution < -0.4 is 20.1 Å². The van der Waals surface area contributed by atoms with Crippen LogP contribution in [-0.2, 0) is 6.54 Å². The number of rotatable bonds is 7. The molecular formula is C19H23F2N3O2. The van der Waals surface area contributed by atoms with E-state index in [0.717, 1.165) is 5.56 Å². The first kappa shape index (κ1) is 19.5. The highest BCUT2D eigenvalue weighted by Crippen LogP contribution is 2.17. The molecule has 26 heavy (non-hydrogen) atoms. The largest absolute Gasteiger partial charge is 0.494 e. The molecule has 0 aliphatic carbocycles. The van der Waals surface area contributed by atoms with Crippen molar-refractivity contribution in [1.29, 1.82) is 0 Å². The second-order valence-electron chi connectivity index (χ2n) is 5.66. The first-order valence-corrected chi connectivity index (χ1v) is 8.21. The average molecular weight is 363 g/mol. The highest BCUT2D eigenvalue weighted by molar-refractivity contribution is 5.79. The van der Waals surface area contributed by atoms with Gasteiger partial charge in [0.15, 0.2) is 17.5 Å². The van der Waals surface area contributed by atoms with Gasteiger partial charge in [-0.2, -0.15) is 0 Å². The van der Waals surface area contributed by atoms with Crippen molar-refractivity contribution in [2.24, 2.45) is 4.99 Å². The molecule has 0 saturated heterocycles. The number of nitrogens with one attached hydrogen (secondary N) is 2. The van der Waals surface area contributed by atoms with Crippen molar-refractivity contribution in [3.63, 3.8) is 0 Å². The highest BCUT2D eigenvalue weighted by atomic mass is 19.1. The lowest BCUT2D eigenvalue weighted by atomic mass is 10.2. The smallest absolute Gasteiger partial charge is 0.191 e. The van der Waals surface area contributed by atoms with Crippen LogP contribution in [-0.4, -0.2) is 32.8 Å². The molecule has 7 heteroatoms. The first-order chi connectivity index (χ1) is 12.5. The molecular weight excluding hydrogens is 340 g/mol. The van der Waals surface area contributed by atoms with Crippen molar-refractivity contribution in [1.82, 2.24) is 10.6 Å². The van der Waals surface area contributed by atoms with Crippen LogP contribution in [0.25, 0.3) is 0 Å². The van der Waals surface area contributed by atoms with Crippen LogP contribution in [0.2, 0.25) is 0 Å². The van der Waals surface area contributed by atoms with Crippen molar-refractivity contribution in [3.05, 3.63) is 59.7 Å². The topological polar surface area (TPSA) is 54.9 Å². The molecule has 0 aromatic heterocycles. The first-order valence-electron chi connectivity index (χ1n) is 8.21. The van der Waals surface area contributed by atoms with E-state index in [1.165, 1.54) is 25.3 Å². The monoisotopic (exact) mass is 363 g/mol.